The van der Waals surface area contributed by atoms with E-state index in [1.807, 2.05) is 6.92 Å². The van der Waals surface area contributed by atoms with E-state index in [1.165, 1.54) is 6.42 Å². The predicted octanol–water partition coefficient (Wildman–Crippen LogP) is 0.948. The molecule has 2 unspecified atom stereocenters. The second kappa shape index (κ2) is 5.49. The summed E-state index contributed by atoms with van der Waals surface area (Å²) in [5.41, 5.74) is 5.32. The van der Waals surface area contributed by atoms with Crippen LogP contribution in [0.5, 0.6) is 0 Å². The molecule has 108 valence electrons. The largest absolute Gasteiger partial charge is 0.369 e. The van der Waals surface area contributed by atoms with E-state index in [2.05, 4.69) is 24.2 Å². The van der Waals surface area contributed by atoms with Crippen molar-refractivity contribution in [2.45, 2.75) is 45.6 Å². The number of hydrogen-bond acceptors (Lipinski definition) is 4. The Morgan fingerprint density at radius 1 is 1.58 bits per heavy atom. The van der Waals surface area contributed by atoms with E-state index < -0.39 is 5.54 Å². The predicted molar refractivity (Wildman–Crippen MR) is 76.8 cm³/mol. The molecular formula is C14H26N4O. The third kappa shape index (κ3) is 3.08. The molecule has 2 heterocycles. The number of nitrogens with two attached hydrogens (primary N) is 1. The maximum absolute atomic E-state index is 12.6. The minimum atomic E-state index is -0.652. The molecule has 0 aromatic rings. The van der Waals surface area contributed by atoms with Crippen molar-refractivity contribution >= 4 is 11.9 Å². The Bertz CT molecular complexity index is 374. The number of nitrogens with zero attached hydrogens (tertiary/aromatic N) is 2. The van der Waals surface area contributed by atoms with Crippen molar-refractivity contribution < 1.29 is 4.79 Å². The van der Waals surface area contributed by atoms with E-state index in [4.69, 9.17) is 5.73 Å². The van der Waals surface area contributed by atoms with Crippen LogP contribution >= 0.6 is 0 Å². The number of amides is 1. The summed E-state index contributed by atoms with van der Waals surface area (Å²) in [6.45, 7) is 8.88. The van der Waals surface area contributed by atoms with Gasteiger partial charge in [-0.25, -0.2) is 4.99 Å². The maximum Gasteiger partial charge on any atom is 0.257 e. The van der Waals surface area contributed by atoms with Gasteiger partial charge < -0.3 is 11.1 Å². The molecule has 0 bridgehead atoms. The number of hydrogen-bond donors (Lipinski definition) is 2. The lowest BCUT2D eigenvalue weighted by molar-refractivity contribution is -0.131. The summed E-state index contributed by atoms with van der Waals surface area (Å²) < 4.78 is 0. The molecule has 2 aliphatic rings. The first-order valence-electron chi connectivity index (χ1n) is 7.30. The number of guanidine groups is 1. The van der Waals surface area contributed by atoms with Gasteiger partial charge in [-0.3, -0.25) is 9.69 Å². The normalized spacial score (nSPS) is 32.0. The van der Waals surface area contributed by atoms with E-state index in [9.17, 15) is 4.79 Å². The molecule has 2 aliphatic heterocycles. The fraction of sp³-hybridized carbons (Fsp3) is 0.857. The molecular weight excluding hydrogens is 240 g/mol. The minimum Gasteiger partial charge on any atom is -0.369 e. The second-order valence-corrected chi connectivity index (χ2v) is 6.47. The first kappa shape index (κ1) is 14.3. The fourth-order valence-electron chi connectivity index (χ4n) is 3.20. The van der Waals surface area contributed by atoms with Crippen molar-refractivity contribution in [3.63, 3.8) is 0 Å². The van der Waals surface area contributed by atoms with Crippen molar-refractivity contribution in [3.05, 3.63) is 0 Å². The summed E-state index contributed by atoms with van der Waals surface area (Å²) in [7, 11) is 0. The Labute approximate surface area is 115 Å². The second-order valence-electron chi connectivity index (χ2n) is 6.47. The van der Waals surface area contributed by atoms with Gasteiger partial charge in [0.05, 0.1) is 0 Å². The van der Waals surface area contributed by atoms with Crippen LogP contribution in [0, 0.1) is 11.8 Å². The Kier molecular flexibility index (Phi) is 4.13. The maximum atomic E-state index is 12.6. The standard InChI is InChI=1S/C14H26N4O/c1-10(2)7-14(3)12(19)18(13(15)17-14)9-11-5-4-6-16-8-11/h10-11,16H,4-9H2,1-3H3,(H2,15,17). The van der Waals surface area contributed by atoms with E-state index in [1.54, 1.807) is 4.90 Å². The molecule has 2 rings (SSSR count). The van der Waals surface area contributed by atoms with Gasteiger partial charge in [-0.15, -0.1) is 0 Å². The van der Waals surface area contributed by atoms with Crippen LogP contribution in [-0.2, 0) is 4.79 Å². The van der Waals surface area contributed by atoms with E-state index >= 15 is 0 Å². The van der Waals surface area contributed by atoms with Crippen LogP contribution in [0.15, 0.2) is 4.99 Å². The number of aliphatic imine (C=N–C) groups is 1. The van der Waals surface area contributed by atoms with Gasteiger partial charge in [0.2, 0.25) is 0 Å². The number of rotatable bonds is 4. The monoisotopic (exact) mass is 266 g/mol. The molecule has 1 saturated heterocycles. The highest BCUT2D eigenvalue weighted by molar-refractivity contribution is 6.06. The molecule has 0 aromatic carbocycles. The third-order valence-electron chi connectivity index (χ3n) is 3.99. The Morgan fingerprint density at radius 3 is 2.89 bits per heavy atom. The Hall–Kier alpha value is -1.10. The van der Waals surface area contributed by atoms with Gasteiger partial charge in [0, 0.05) is 6.54 Å². The zero-order valence-corrected chi connectivity index (χ0v) is 12.3. The first-order chi connectivity index (χ1) is 8.92. The van der Waals surface area contributed by atoms with Crippen LogP contribution in [0.25, 0.3) is 0 Å². The average Bonchev–Trinajstić information content (AvgIpc) is 2.53. The molecule has 1 fully saturated rings. The zero-order chi connectivity index (χ0) is 14.0. The van der Waals surface area contributed by atoms with Gasteiger partial charge in [0.15, 0.2) is 5.96 Å². The van der Waals surface area contributed by atoms with Crippen LogP contribution in [0.2, 0.25) is 0 Å². The lowest BCUT2D eigenvalue weighted by Gasteiger charge is -2.29. The SMILES string of the molecule is CC(C)CC1(C)N=C(N)N(CC2CCCNC2)C1=O. The molecule has 0 radical (unpaired) electrons. The van der Waals surface area contributed by atoms with Crippen molar-refractivity contribution in [1.29, 1.82) is 0 Å². The molecule has 0 saturated carbocycles. The van der Waals surface area contributed by atoms with Crippen LogP contribution in [-0.4, -0.2) is 41.9 Å². The van der Waals surface area contributed by atoms with Gasteiger partial charge >= 0.3 is 0 Å². The van der Waals surface area contributed by atoms with Crippen molar-refractivity contribution in [2.24, 2.45) is 22.6 Å². The van der Waals surface area contributed by atoms with Crippen LogP contribution in [0.3, 0.4) is 0 Å². The zero-order valence-electron chi connectivity index (χ0n) is 12.3. The molecule has 0 aromatic heterocycles. The summed E-state index contributed by atoms with van der Waals surface area (Å²) in [6, 6.07) is 0. The van der Waals surface area contributed by atoms with Crippen molar-refractivity contribution in [1.82, 2.24) is 10.2 Å². The van der Waals surface area contributed by atoms with Gasteiger partial charge in [0.1, 0.15) is 5.54 Å². The highest BCUT2D eigenvalue weighted by Gasteiger charge is 2.44. The van der Waals surface area contributed by atoms with Crippen LogP contribution < -0.4 is 11.1 Å². The van der Waals surface area contributed by atoms with E-state index in [0.717, 1.165) is 25.9 Å². The summed E-state index contributed by atoms with van der Waals surface area (Å²) >= 11 is 0. The number of carbonyl (C=O) groups excluding carboxylic acids is 1. The quantitative estimate of drug-likeness (QED) is 0.796. The highest BCUT2D eigenvalue weighted by Crippen LogP contribution is 2.29. The van der Waals surface area contributed by atoms with Gasteiger partial charge in [-0.05, 0) is 51.1 Å². The summed E-state index contributed by atoms with van der Waals surface area (Å²) in [6.07, 6.45) is 3.09. The summed E-state index contributed by atoms with van der Waals surface area (Å²) in [4.78, 5) is 18.7. The number of piperidine rings is 1. The van der Waals surface area contributed by atoms with Gasteiger partial charge in [-0.2, -0.15) is 0 Å². The van der Waals surface area contributed by atoms with Crippen LogP contribution in [0.4, 0.5) is 0 Å². The first-order valence-corrected chi connectivity index (χ1v) is 7.30. The topological polar surface area (TPSA) is 70.7 Å². The number of nitrogens with one attached hydrogen (secondary N) is 1. The summed E-state index contributed by atoms with van der Waals surface area (Å²) in [5.74, 6) is 1.40. The molecule has 3 N–H and O–H groups in total. The summed E-state index contributed by atoms with van der Waals surface area (Å²) in [5, 5.41) is 3.37. The lowest BCUT2D eigenvalue weighted by Crippen LogP contribution is -2.47. The van der Waals surface area contributed by atoms with Crippen molar-refractivity contribution in [3.8, 4) is 0 Å². The highest BCUT2D eigenvalue weighted by atomic mass is 16.2. The molecule has 2 atom stereocenters. The smallest absolute Gasteiger partial charge is 0.257 e. The molecule has 0 spiro atoms. The van der Waals surface area contributed by atoms with Crippen molar-refractivity contribution in [2.75, 3.05) is 19.6 Å². The molecule has 1 amide bonds. The van der Waals surface area contributed by atoms with Crippen LogP contribution in [0.1, 0.15) is 40.0 Å². The van der Waals surface area contributed by atoms with E-state index in [0.29, 0.717) is 24.3 Å². The lowest BCUT2D eigenvalue weighted by atomic mass is 9.90. The third-order valence-corrected chi connectivity index (χ3v) is 3.99. The average molecular weight is 266 g/mol. The number of carbonyl (C=O) groups is 1. The molecule has 19 heavy (non-hydrogen) atoms. The minimum absolute atomic E-state index is 0.0734. The van der Waals surface area contributed by atoms with Gasteiger partial charge in [0.25, 0.3) is 5.91 Å². The van der Waals surface area contributed by atoms with E-state index in [-0.39, 0.29) is 5.91 Å². The molecule has 5 nitrogen and oxygen atoms in total. The Balaban J connectivity index is 2.03. The fourth-order valence-corrected chi connectivity index (χ4v) is 3.20. The molecule has 0 aliphatic carbocycles. The Morgan fingerprint density at radius 2 is 2.32 bits per heavy atom. The van der Waals surface area contributed by atoms with Gasteiger partial charge in [-0.1, -0.05) is 13.8 Å². The molecule has 5 heteroatoms.